The van der Waals surface area contributed by atoms with E-state index in [1.807, 2.05) is 0 Å². The van der Waals surface area contributed by atoms with Crippen molar-refractivity contribution < 1.29 is 14.5 Å². The van der Waals surface area contributed by atoms with Crippen LogP contribution in [0.1, 0.15) is 5.56 Å². The zero-order chi connectivity index (χ0) is 11.6. The van der Waals surface area contributed by atoms with Crippen molar-refractivity contribution in [3.05, 3.63) is 49.8 Å². The molecule has 15 heavy (non-hydrogen) atoms. The molecule has 80 valence electrons. The smallest absolute Gasteiger partial charge is 0.228 e. The molecule has 0 amide bonds. The Bertz CT molecular complexity index is 409. The van der Waals surface area contributed by atoms with Gasteiger partial charge in [-0.05, 0) is 19.1 Å². The maximum atomic E-state index is 13.0. The van der Waals surface area contributed by atoms with E-state index in [1.165, 1.54) is 6.92 Å². The van der Waals surface area contributed by atoms with E-state index in [1.54, 1.807) is 0 Å². The molecule has 0 saturated carbocycles. The van der Waals surface area contributed by atoms with Gasteiger partial charge in [0, 0.05) is 5.56 Å². The lowest BCUT2D eigenvalue weighted by Crippen LogP contribution is -2.36. The summed E-state index contributed by atoms with van der Waals surface area (Å²) in [6.07, 6.45) is 0. The summed E-state index contributed by atoms with van der Waals surface area (Å²) in [4.78, 5) is 20.7. The van der Waals surface area contributed by atoms with Crippen LogP contribution in [0.15, 0.2) is 18.2 Å². The molecule has 0 spiro atoms. The Balaban J connectivity index is 3.29. The SMILES string of the molecule is Cc1c(F)cccc1N([N+](=O)[O-])[N+](=O)[O-]. The molecule has 0 fully saturated rings. The molecular weight excluding hydrogens is 209 g/mol. The maximum Gasteiger partial charge on any atom is 0.228 e. The first-order chi connectivity index (χ1) is 6.95. The molecule has 1 aromatic carbocycles. The Labute approximate surface area is 83.0 Å². The van der Waals surface area contributed by atoms with E-state index in [0.717, 1.165) is 18.2 Å². The topological polar surface area (TPSA) is 89.5 Å². The molecule has 0 unspecified atom stereocenters. The Kier molecular flexibility index (Phi) is 2.79. The third-order valence-corrected chi connectivity index (χ3v) is 1.76. The summed E-state index contributed by atoms with van der Waals surface area (Å²) in [6, 6.07) is 3.33. The minimum atomic E-state index is -1.22. The van der Waals surface area contributed by atoms with Crippen molar-refractivity contribution in [3.63, 3.8) is 0 Å². The third-order valence-electron chi connectivity index (χ3n) is 1.76. The largest absolute Gasteiger partial charge is 0.230 e. The molecule has 0 heterocycles. The quantitative estimate of drug-likeness (QED) is 0.560. The predicted octanol–water partition coefficient (Wildman–Crippen LogP) is 1.32. The Morgan fingerprint density at radius 1 is 1.27 bits per heavy atom. The minimum absolute atomic E-state index is 0.147. The lowest BCUT2D eigenvalue weighted by atomic mass is 10.2. The Morgan fingerprint density at radius 3 is 2.27 bits per heavy atom. The molecule has 8 heteroatoms. The first-order valence-corrected chi connectivity index (χ1v) is 3.79. The van der Waals surface area contributed by atoms with Crippen LogP contribution in [0.3, 0.4) is 0 Å². The number of hydrogen-bond acceptors (Lipinski definition) is 4. The van der Waals surface area contributed by atoms with Crippen molar-refractivity contribution in [1.29, 1.82) is 0 Å². The average Bonchev–Trinajstić information content (AvgIpc) is 2.11. The summed E-state index contributed by atoms with van der Waals surface area (Å²) in [6.45, 7) is 1.23. The maximum absolute atomic E-state index is 13.0. The normalized spacial score (nSPS) is 9.73. The van der Waals surface area contributed by atoms with E-state index in [-0.39, 0.29) is 10.7 Å². The molecular formula is C7H6FN3O4. The van der Waals surface area contributed by atoms with Gasteiger partial charge in [-0.25, -0.2) is 24.6 Å². The van der Waals surface area contributed by atoms with Crippen LogP contribution in [0.4, 0.5) is 10.1 Å². The highest BCUT2D eigenvalue weighted by Gasteiger charge is 2.32. The number of nitrogens with zero attached hydrogens (tertiary/aromatic N) is 3. The molecule has 1 rings (SSSR count). The number of hydrazine groups is 2. The molecule has 0 aromatic heterocycles. The molecule has 0 N–H and O–H groups in total. The first kappa shape index (κ1) is 10.8. The molecule has 1 aromatic rings. The van der Waals surface area contributed by atoms with Gasteiger partial charge < -0.3 is 0 Å². The van der Waals surface area contributed by atoms with E-state index in [9.17, 15) is 24.6 Å². The standard InChI is InChI=1S/C7H6FN3O4/c1-5-6(8)3-2-4-7(5)9(10(12)13)11(14)15/h2-4H,1H3. The van der Waals surface area contributed by atoms with Crippen LogP contribution in [0, 0.1) is 33.0 Å². The number of rotatable bonds is 3. The molecule has 0 aliphatic heterocycles. The highest BCUT2D eigenvalue weighted by atomic mass is 19.1. The number of nitro groups is 2. The minimum Gasteiger partial charge on any atom is -0.230 e. The monoisotopic (exact) mass is 215 g/mol. The fraction of sp³-hybridized carbons (Fsp3) is 0.143. The van der Waals surface area contributed by atoms with Gasteiger partial charge in [0.1, 0.15) is 5.82 Å². The lowest BCUT2D eigenvalue weighted by molar-refractivity contribution is -0.712. The molecule has 0 atom stereocenters. The van der Waals surface area contributed by atoms with E-state index < -0.39 is 21.6 Å². The highest BCUT2D eigenvalue weighted by Crippen LogP contribution is 2.21. The average molecular weight is 215 g/mol. The Hall–Kier alpha value is -2.25. The summed E-state index contributed by atoms with van der Waals surface area (Å²) in [5.74, 6) is -0.735. The summed E-state index contributed by atoms with van der Waals surface area (Å²) >= 11 is 0. The summed E-state index contributed by atoms with van der Waals surface area (Å²) < 4.78 is 13.0. The van der Waals surface area contributed by atoms with Crippen molar-refractivity contribution in [2.24, 2.45) is 0 Å². The van der Waals surface area contributed by atoms with Crippen molar-refractivity contribution in [1.82, 2.24) is 0 Å². The van der Waals surface area contributed by atoms with Gasteiger partial charge in [0.05, 0.1) is 0 Å². The van der Waals surface area contributed by atoms with Crippen LogP contribution in [0.25, 0.3) is 0 Å². The van der Waals surface area contributed by atoms with Crippen LogP contribution in [-0.4, -0.2) is 10.1 Å². The highest BCUT2D eigenvalue weighted by molar-refractivity contribution is 5.49. The van der Waals surface area contributed by atoms with Crippen molar-refractivity contribution >= 4 is 5.69 Å². The second-order valence-corrected chi connectivity index (χ2v) is 2.65. The molecule has 0 aliphatic carbocycles. The van der Waals surface area contributed by atoms with Crippen molar-refractivity contribution in [2.75, 3.05) is 5.12 Å². The predicted molar refractivity (Wildman–Crippen MR) is 47.6 cm³/mol. The van der Waals surface area contributed by atoms with E-state index >= 15 is 0 Å². The molecule has 0 aliphatic rings. The van der Waals surface area contributed by atoms with Gasteiger partial charge in [-0.3, -0.25) is 0 Å². The van der Waals surface area contributed by atoms with Crippen LogP contribution in [0.5, 0.6) is 0 Å². The zero-order valence-corrected chi connectivity index (χ0v) is 7.58. The molecule has 0 saturated heterocycles. The van der Waals surface area contributed by atoms with E-state index in [0.29, 0.717) is 0 Å². The number of halogens is 1. The summed E-state index contributed by atoms with van der Waals surface area (Å²) in [5.41, 5.74) is -0.545. The van der Waals surface area contributed by atoms with E-state index in [2.05, 4.69) is 0 Å². The number of anilines is 1. The van der Waals surface area contributed by atoms with Crippen LogP contribution >= 0.6 is 0 Å². The third kappa shape index (κ3) is 1.98. The van der Waals surface area contributed by atoms with Crippen molar-refractivity contribution in [2.45, 2.75) is 6.92 Å². The summed E-state index contributed by atoms with van der Waals surface area (Å²) in [5, 5.41) is 18.0. The summed E-state index contributed by atoms with van der Waals surface area (Å²) in [7, 11) is 0. The van der Waals surface area contributed by atoms with Gasteiger partial charge in [-0.2, -0.15) is 0 Å². The van der Waals surface area contributed by atoms with Crippen LogP contribution in [0.2, 0.25) is 0 Å². The van der Waals surface area contributed by atoms with Gasteiger partial charge in [-0.1, -0.05) is 6.07 Å². The second-order valence-electron chi connectivity index (χ2n) is 2.65. The first-order valence-electron chi connectivity index (χ1n) is 3.79. The number of benzene rings is 1. The molecule has 7 nitrogen and oxygen atoms in total. The fourth-order valence-corrected chi connectivity index (χ4v) is 1.05. The van der Waals surface area contributed by atoms with Gasteiger partial charge in [-0.15, -0.1) is 0 Å². The fourth-order valence-electron chi connectivity index (χ4n) is 1.05. The molecule has 0 radical (unpaired) electrons. The lowest BCUT2D eigenvalue weighted by Gasteiger charge is -2.06. The van der Waals surface area contributed by atoms with Gasteiger partial charge in [0.15, 0.2) is 10.8 Å². The Morgan fingerprint density at radius 2 is 1.80 bits per heavy atom. The van der Waals surface area contributed by atoms with Gasteiger partial charge in [0.25, 0.3) is 0 Å². The van der Waals surface area contributed by atoms with E-state index in [4.69, 9.17) is 0 Å². The van der Waals surface area contributed by atoms with Crippen LogP contribution < -0.4 is 5.12 Å². The van der Waals surface area contributed by atoms with Gasteiger partial charge in [0.2, 0.25) is 10.1 Å². The molecule has 0 bridgehead atoms. The second kappa shape index (κ2) is 3.86. The van der Waals surface area contributed by atoms with Gasteiger partial charge >= 0.3 is 0 Å². The zero-order valence-electron chi connectivity index (χ0n) is 7.58. The van der Waals surface area contributed by atoms with Crippen molar-refractivity contribution in [3.8, 4) is 0 Å². The van der Waals surface area contributed by atoms with Crippen LogP contribution in [-0.2, 0) is 0 Å². The number of hydrogen-bond donors (Lipinski definition) is 0.